The predicted molar refractivity (Wildman–Crippen MR) is 69.3 cm³/mol. The Morgan fingerprint density at radius 1 is 1.60 bits per heavy atom. The number of carbonyl (C=O) groups excluding carboxylic acids is 1. The maximum atomic E-state index is 12.5. The molecule has 8 heteroatoms. The molecule has 1 fully saturated rings. The summed E-state index contributed by atoms with van der Waals surface area (Å²) in [6.45, 7) is 2.61. The molecule has 0 aliphatic carbocycles. The Morgan fingerprint density at radius 3 is 2.85 bits per heavy atom. The molecule has 4 nitrogen and oxygen atoms in total. The number of halogens is 3. The van der Waals surface area contributed by atoms with Gasteiger partial charge in [-0.3, -0.25) is 4.79 Å². The normalized spacial score (nSPS) is 21.9. The zero-order valence-electron chi connectivity index (χ0n) is 11.0. The van der Waals surface area contributed by atoms with Crippen molar-refractivity contribution in [3.63, 3.8) is 0 Å². The number of aromatic nitrogens is 1. The Hall–Kier alpha value is -1.15. The van der Waals surface area contributed by atoms with Gasteiger partial charge in [0.2, 0.25) is 5.91 Å². The van der Waals surface area contributed by atoms with E-state index in [1.807, 2.05) is 0 Å². The second-order valence-electron chi connectivity index (χ2n) is 4.98. The van der Waals surface area contributed by atoms with Gasteiger partial charge in [0.1, 0.15) is 0 Å². The van der Waals surface area contributed by atoms with Crippen LogP contribution in [0.4, 0.5) is 13.2 Å². The number of thiazole rings is 1. The average molecular weight is 307 g/mol. The molecule has 2 heterocycles. The smallest absolute Gasteiger partial charge is 0.341 e. The Labute approximate surface area is 118 Å². The average Bonchev–Trinajstić information content (AvgIpc) is 2.87. The van der Waals surface area contributed by atoms with Crippen LogP contribution in [-0.2, 0) is 11.0 Å². The summed E-state index contributed by atoms with van der Waals surface area (Å²) in [5.74, 6) is -0.296. The zero-order valence-corrected chi connectivity index (χ0v) is 11.8. The minimum absolute atomic E-state index is 0.132. The van der Waals surface area contributed by atoms with E-state index in [0.717, 1.165) is 29.6 Å². The minimum atomic E-state index is -4.41. The lowest BCUT2D eigenvalue weighted by Gasteiger charge is -2.32. The van der Waals surface area contributed by atoms with Gasteiger partial charge in [-0.15, -0.1) is 11.3 Å². The fourth-order valence-corrected chi connectivity index (χ4v) is 3.23. The first kappa shape index (κ1) is 15.2. The summed E-state index contributed by atoms with van der Waals surface area (Å²) in [7, 11) is 0. The van der Waals surface area contributed by atoms with E-state index in [0.29, 0.717) is 18.1 Å². The topological polar surface area (TPSA) is 59.2 Å². The van der Waals surface area contributed by atoms with E-state index < -0.39 is 17.9 Å². The van der Waals surface area contributed by atoms with Crippen molar-refractivity contribution in [3.8, 4) is 0 Å². The second-order valence-corrected chi connectivity index (χ2v) is 5.87. The highest BCUT2D eigenvalue weighted by atomic mass is 32.1. The lowest BCUT2D eigenvalue weighted by Crippen LogP contribution is -2.46. The van der Waals surface area contributed by atoms with Crippen molar-refractivity contribution in [3.05, 3.63) is 16.1 Å². The van der Waals surface area contributed by atoms with Gasteiger partial charge in [0, 0.05) is 24.4 Å². The lowest BCUT2D eigenvalue weighted by atomic mass is 9.98. The first-order valence-corrected chi connectivity index (χ1v) is 7.24. The zero-order chi connectivity index (χ0) is 14.9. The molecule has 1 amide bonds. The molecule has 2 atom stereocenters. The number of nitrogens with two attached hydrogens (primary N) is 1. The van der Waals surface area contributed by atoms with Gasteiger partial charge in [-0.1, -0.05) is 0 Å². The number of carbonyl (C=O) groups is 1. The van der Waals surface area contributed by atoms with Gasteiger partial charge in [0.05, 0.1) is 11.0 Å². The molecule has 1 aromatic rings. The molecule has 0 bridgehead atoms. The lowest BCUT2D eigenvalue weighted by molar-refractivity contribution is -0.141. The quantitative estimate of drug-likeness (QED) is 0.911. The minimum Gasteiger partial charge on any atom is -0.341 e. The summed E-state index contributed by atoms with van der Waals surface area (Å²) >= 11 is 1.00. The largest absolute Gasteiger partial charge is 0.434 e. The molecule has 2 rings (SSSR count). The van der Waals surface area contributed by atoms with Crippen LogP contribution in [0.3, 0.4) is 0 Å². The van der Waals surface area contributed by atoms with Crippen molar-refractivity contribution in [2.24, 2.45) is 5.73 Å². The highest BCUT2D eigenvalue weighted by Crippen LogP contribution is 2.34. The standard InChI is InChI=1S/C12H16F3N3OS/c1-7(16)11(19)18-4-2-3-8(5-18)10-17-9(6-20-10)12(13,14)15/h6-8H,2-5,16H2,1H3/t7-,8+/m1/s1. The van der Waals surface area contributed by atoms with E-state index in [1.165, 1.54) is 0 Å². The fraction of sp³-hybridized carbons (Fsp3) is 0.667. The van der Waals surface area contributed by atoms with E-state index >= 15 is 0 Å². The third-order valence-corrected chi connectivity index (χ3v) is 4.29. The molecular formula is C12H16F3N3OS. The number of hydrogen-bond donors (Lipinski definition) is 1. The van der Waals surface area contributed by atoms with Crippen LogP contribution in [0.5, 0.6) is 0 Å². The molecule has 1 aromatic heterocycles. The van der Waals surface area contributed by atoms with Gasteiger partial charge in [0.15, 0.2) is 5.69 Å². The van der Waals surface area contributed by atoms with E-state index in [2.05, 4.69) is 4.98 Å². The van der Waals surface area contributed by atoms with Crippen LogP contribution in [0.1, 0.15) is 36.4 Å². The highest BCUT2D eigenvalue weighted by Gasteiger charge is 2.35. The molecule has 0 spiro atoms. The van der Waals surface area contributed by atoms with Gasteiger partial charge in [-0.25, -0.2) is 4.98 Å². The van der Waals surface area contributed by atoms with Gasteiger partial charge in [0.25, 0.3) is 0 Å². The molecule has 0 aromatic carbocycles. The first-order chi connectivity index (χ1) is 9.29. The number of nitrogens with zero attached hydrogens (tertiary/aromatic N) is 2. The molecule has 0 radical (unpaired) electrons. The number of alkyl halides is 3. The second kappa shape index (κ2) is 5.69. The molecule has 20 heavy (non-hydrogen) atoms. The van der Waals surface area contributed by atoms with Crippen molar-refractivity contribution in [2.45, 2.75) is 37.9 Å². The summed E-state index contributed by atoms with van der Waals surface area (Å²) in [4.78, 5) is 17.1. The number of hydrogen-bond acceptors (Lipinski definition) is 4. The van der Waals surface area contributed by atoms with Crippen LogP contribution >= 0.6 is 11.3 Å². The fourth-order valence-electron chi connectivity index (χ4n) is 2.27. The number of likely N-dealkylation sites (tertiary alicyclic amines) is 1. The van der Waals surface area contributed by atoms with Crippen molar-refractivity contribution in [1.82, 2.24) is 9.88 Å². The summed E-state index contributed by atoms with van der Waals surface area (Å²) in [5, 5.41) is 1.47. The van der Waals surface area contributed by atoms with E-state index in [4.69, 9.17) is 5.73 Å². The number of rotatable bonds is 2. The Kier molecular flexibility index (Phi) is 4.33. The number of piperidine rings is 1. The molecule has 2 N–H and O–H groups in total. The molecule has 112 valence electrons. The summed E-state index contributed by atoms with van der Waals surface area (Å²) in [5.41, 5.74) is 4.71. The summed E-state index contributed by atoms with van der Waals surface area (Å²) in [6, 6.07) is -0.587. The van der Waals surface area contributed by atoms with E-state index in [9.17, 15) is 18.0 Å². The SMILES string of the molecule is C[C@@H](N)C(=O)N1CCC[C@H](c2nc(C(F)(F)F)cs2)C1. The predicted octanol–water partition coefficient (Wildman–Crippen LogP) is 2.22. The van der Waals surface area contributed by atoms with Crippen molar-refractivity contribution in [2.75, 3.05) is 13.1 Å². The van der Waals surface area contributed by atoms with Gasteiger partial charge < -0.3 is 10.6 Å². The molecule has 1 aliphatic heterocycles. The number of amides is 1. The van der Waals surface area contributed by atoms with Crippen LogP contribution in [0.2, 0.25) is 0 Å². The van der Waals surface area contributed by atoms with Gasteiger partial charge in [-0.05, 0) is 19.8 Å². The third kappa shape index (κ3) is 3.29. The molecule has 1 saturated heterocycles. The Morgan fingerprint density at radius 2 is 2.30 bits per heavy atom. The third-order valence-electron chi connectivity index (χ3n) is 3.28. The van der Waals surface area contributed by atoms with Crippen molar-refractivity contribution in [1.29, 1.82) is 0 Å². The van der Waals surface area contributed by atoms with Crippen LogP contribution < -0.4 is 5.73 Å². The molecule has 0 unspecified atom stereocenters. The van der Waals surface area contributed by atoms with E-state index in [1.54, 1.807) is 11.8 Å². The Balaban J connectivity index is 2.09. The molecular weight excluding hydrogens is 291 g/mol. The molecule has 0 saturated carbocycles. The van der Waals surface area contributed by atoms with E-state index in [-0.39, 0.29) is 11.8 Å². The van der Waals surface area contributed by atoms with Crippen LogP contribution in [0.15, 0.2) is 5.38 Å². The van der Waals surface area contributed by atoms with Crippen LogP contribution in [0, 0.1) is 0 Å². The monoisotopic (exact) mass is 307 g/mol. The van der Waals surface area contributed by atoms with Crippen molar-refractivity contribution < 1.29 is 18.0 Å². The maximum Gasteiger partial charge on any atom is 0.434 e. The summed E-state index contributed by atoms with van der Waals surface area (Å²) < 4.78 is 37.6. The highest BCUT2D eigenvalue weighted by molar-refractivity contribution is 7.09. The van der Waals surface area contributed by atoms with Gasteiger partial charge in [-0.2, -0.15) is 13.2 Å². The summed E-state index contributed by atoms with van der Waals surface area (Å²) in [6.07, 6.45) is -2.91. The Bertz CT molecular complexity index is 487. The first-order valence-electron chi connectivity index (χ1n) is 6.36. The van der Waals surface area contributed by atoms with Crippen molar-refractivity contribution >= 4 is 17.2 Å². The maximum absolute atomic E-state index is 12.5. The van der Waals surface area contributed by atoms with Crippen LogP contribution in [-0.4, -0.2) is 34.9 Å². The van der Waals surface area contributed by atoms with Crippen LogP contribution in [0.25, 0.3) is 0 Å². The van der Waals surface area contributed by atoms with Gasteiger partial charge >= 0.3 is 6.18 Å². The molecule has 1 aliphatic rings.